The number of aromatic nitrogens is 5. The third-order valence-electron chi connectivity index (χ3n) is 5.69. The van der Waals surface area contributed by atoms with E-state index in [1.165, 1.54) is 12.8 Å². The number of hydrogen-bond acceptors (Lipinski definition) is 7. The van der Waals surface area contributed by atoms with Crippen molar-refractivity contribution in [3.63, 3.8) is 0 Å². The minimum absolute atomic E-state index is 0.178. The number of rotatable bonds is 3. The molecule has 5 rings (SSSR count). The molecule has 138 valence electrons. The van der Waals surface area contributed by atoms with Gasteiger partial charge in [0.2, 0.25) is 5.95 Å². The van der Waals surface area contributed by atoms with Gasteiger partial charge in [-0.2, -0.15) is 4.98 Å². The normalized spacial score (nSPS) is 24.0. The first kappa shape index (κ1) is 16.0. The lowest BCUT2D eigenvalue weighted by molar-refractivity contribution is 0.145. The van der Waals surface area contributed by atoms with Crippen LogP contribution < -0.4 is 9.80 Å². The Morgan fingerprint density at radius 1 is 1.08 bits per heavy atom. The summed E-state index contributed by atoms with van der Waals surface area (Å²) in [4.78, 5) is 13.8. The second kappa shape index (κ2) is 6.19. The molecule has 4 heterocycles. The molecule has 2 aliphatic heterocycles. The van der Waals surface area contributed by atoms with Crippen molar-refractivity contribution < 1.29 is 5.11 Å². The van der Waals surface area contributed by atoms with Crippen LogP contribution in [0, 0.1) is 0 Å². The second-order valence-electron chi connectivity index (χ2n) is 7.78. The van der Waals surface area contributed by atoms with Gasteiger partial charge in [-0.05, 0) is 38.7 Å². The topological polar surface area (TPSA) is 83.2 Å². The van der Waals surface area contributed by atoms with E-state index >= 15 is 0 Å². The maximum absolute atomic E-state index is 9.72. The van der Waals surface area contributed by atoms with E-state index in [1.807, 2.05) is 12.3 Å². The zero-order valence-electron chi connectivity index (χ0n) is 15.1. The predicted molar refractivity (Wildman–Crippen MR) is 97.2 cm³/mol. The molecule has 0 spiro atoms. The van der Waals surface area contributed by atoms with Crippen molar-refractivity contribution in [3.05, 3.63) is 23.9 Å². The van der Waals surface area contributed by atoms with Crippen molar-refractivity contribution in [2.45, 2.75) is 57.2 Å². The van der Waals surface area contributed by atoms with Crippen molar-refractivity contribution in [2.24, 2.45) is 0 Å². The van der Waals surface area contributed by atoms with Crippen LogP contribution in [0.4, 0.5) is 11.8 Å². The first-order valence-corrected chi connectivity index (χ1v) is 9.63. The summed E-state index contributed by atoms with van der Waals surface area (Å²) in [5.74, 6) is 4.48. The molecule has 8 nitrogen and oxygen atoms in total. The van der Waals surface area contributed by atoms with E-state index in [4.69, 9.17) is 4.98 Å². The molecule has 0 bridgehead atoms. The quantitative estimate of drug-likeness (QED) is 0.893. The molecule has 1 atom stereocenters. The molecule has 0 radical (unpaired) electrons. The Morgan fingerprint density at radius 2 is 1.88 bits per heavy atom. The number of aliphatic hydroxyl groups is 1. The van der Waals surface area contributed by atoms with Crippen molar-refractivity contribution in [3.8, 4) is 0 Å². The fraction of sp³-hybridized carbons (Fsp3) is 0.667. The highest BCUT2D eigenvalue weighted by Gasteiger charge is 2.35. The largest absolute Gasteiger partial charge is 0.393 e. The third kappa shape index (κ3) is 2.82. The van der Waals surface area contributed by atoms with Crippen molar-refractivity contribution in [1.82, 2.24) is 24.7 Å². The first-order chi connectivity index (χ1) is 12.7. The number of fused-ring (bicyclic) bond motifs is 1. The smallest absolute Gasteiger partial charge is 0.227 e. The Kier molecular flexibility index (Phi) is 3.81. The fourth-order valence-corrected chi connectivity index (χ4v) is 4.10. The molecule has 1 aliphatic carbocycles. The molecular weight excluding hydrogens is 330 g/mol. The molecule has 8 heteroatoms. The van der Waals surface area contributed by atoms with Gasteiger partial charge in [0.15, 0.2) is 5.82 Å². The second-order valence-corrected chi connectivity index (χ2v) is 7.78. The van der Waals surface area contributed by atoms with Crippen LogP contribution in [-0.4, -0.2) is 55.6 Å². The zero-order chi connectivity index (χ0) is 17.7. The molecule has 2 aromatic heterocycles. The maximum Gasteiger partial charge on any atom is 0.227 e. The van der Waals surface area contributed by atoms with Gasteiger partial charge in [0.25, 0.3) is 0 Å². The fourth-order valence-electron chi connectivity index (χ4n) is 4.10. The Morgan fingerprint density at radius 3 is 2.65 bits per heavy atom. The van der Waals surface area contributed by atoms with Crippen LogP contribution in [0.1, 0.15) is 56.2 Å². The SMILES string of the molecule is C[C@H]1CN(c2nccc(N3CCC(O)CC3)n2)Cc2nnc(C3CC3)n21. The van der Waals surface area contributed by atoms with Crippen LogP contribution in [0.5, 0.6) is 0 Å². The van der Waals surface area contributed by atoms with Crippen molar-refractivity contribution in [2.75, 3.05) is 29.4 Å². The molecule has 1 N–H and O–H groups in total. The Labute approximate surface area is 152 Å². The van der Waals surface area contributed by atoms with Gasteiger partial charge in [-0.25, -0.2) is 4.98 Å². The molecule has 1 saturated heterocycles. The van der Waals surface area contributed by atoms with Gasteiger partial charge >= 0.3 is 0 Å². The van der Waals surface area contributed by atoms with Gasteiger partial charge in [0.1, 0.15) is 11.6 Å². The summed E-state index contributed by atoms with van der Waals surface area (Å²) in [5, 5.41) is 18.6. The molecule has 0 unspecified atom stereocenters. The highest BCUT2D eigenvalue weighted by molar-refractivity contribution is 5.44. The summed E-state index contributed by atoms with van der Waals surface area (Å²) in [6.45, 7) is 5.47. The summed E-state index contributed by atoms with van der Waals surface area (Å²) in [7, 11) is 0. The van der Waals surface area contributed by atoms with Crippen LogP contribution in [0.15, 0.2) is 12.3 Å². The maximum atomic E-state index is 9.72. The van der Waals surface area contributed by atoms with Crippen molar-refractivity contribution in [1.29, 1.82) is 0 Å². The summed E-state index contributed by atoms with van der Waals surface area (Å²) in [6, 6.07) is 2.28. The molecular formula is C18H25N7O. The Hall–Kier alpha value is -2.22. The first-order valence-electron chi connectivity index (χ1n) is 9.63. The van der Waals surface area contributed by atoms with Gasteiger partial charge in [0, 0.05) is 31.7 Å². The average Bonchev–Trinajstić information content (AvgIpc) is 3.41. The highest BCUT2D eigenvalue weighted by atomic mass is 16.3. The van der Waals surface area contributed by atoms with Gasteiger partial charge in [-0.1, -0.05) is 0 Å². The Bertz CT molecular complexity index is 795. The van der Waals surface area contributed by atoms with Crippen LogP contribution in [0.3, 0.4) is 0 Å². The minimum Gasteiger partial charge on any atom is -0.393 e. The number of piperidine rings is 1. The lowest BCUT2D eigenvalue weighted by Gasteiger charge is -2.34. The lowest BCUT2D eigenvalue weighted by atomic mass is 10.1. The predicted octanol–water partition coefficient (Wildman–Crippen LogP) is 1.49. The van der Waals surface area contributed by atoms with E-state index in [9.17, 15) is 5.11 Å². The van der Waals surface area contributed by atoms with E-state index in [0.29, 0.717) is 18.5 Å². The van der Waals surface area contributed by atoms with Gasteiger partial charge in [0.05, 0.1) is 18.7 Å². The van der Waals surface area contributed by atoms with Gasteiger partial charge < -0.3 is 19.5 Å². The van der Waals surface area contributed by atoms with Gasteiger partial charge in [-0.15, -0.1) is 10.2 Å². The van der Waals surface area contributed by atoms with E-state index in [1.54, 1.807) is 0 Å². The Balaban J connectivity index is 1.37. The van der Waals surface area contributed by atoms with Crippen LogP contribution >= 0.6 is 0 Å². The number of aliphatic hydroxyl groups excluding tert-OH is 1. The lowest BCUT2D eigenvalue weighted by Crippen LogP contribution is -2.39. The monoisotopic (exact) mass is 355 g/mol. The zero-order valence-corrected chi connectivity index (χ0v) is 15.1. The third-order valence-corrected chi connectivity index (χ3v) is 5.69. The molecule has 2 aromatic rings. The summed E-state index contributed by atoms with van der Waals surface area (Å²) in [6.07, 6.45) is 5.74. The van der Waals surface area contributed by atoms with Crippen LogP contribution in [-0.2, 0) is 6.54 Å². The summed E-state index contributed by atoms with van der Waals surface area (Å²) < 4.78 is 2.32. The summed E-state index contributed by atoms with van der Waals surface area (Å²) in [5.41, 5.74) is 0. The molecule has 1 saturated carbocycles. The number of nitrogens with zero attached hydrogens (tertiary/aromatic N) is 7. The van der Waals surface area contributed by atoms with Crippen LogP contribution in [0.2, 0.25) is 0 Å². The molecule has 0 aromatic carbocycles. The van der Waals surface area contributed by atoms with Crippen molar-refractivity contribution >= 4 is 11.8 Å². The van der Waals surface area contributed by atoms with Gasteiger partial charge in [-0.3, -0.25) is 0 Å². The molecule has 0 amide bonds. The standard InChI is InChI=1S/C18H25N7O/c1-12-10-24(11-16-21-22-17(25(12)16)13-2-3-13)18-19-7-4-15(20-18)23-8-5-14(26)6-9-23/h4,7,12-14,26H,2-3,5-6,8-11H2,1H3/t12-/m0/s1. The molecule has 2 fully saturated rings. The molecule has 3 aliphatic rings. The average molecular weight is 355 g/mol. The highest BCUT2D eigenvalue weighted by Crippen LogP contribution is 2.41. The summed E-state index contributed by atoms with van der Waals surface area (Å²) >= 11 is 0. The number of anilines is 2. The van der Waals surface area contributed by atoms with Crippen LogP contribution in [0.25, 0.3) is 0 Å². The van der Waals surface area contributed by atoms with E-state index in [2.05, 4.69) is 36.5 Å². The minimum atomic E-state index is -0.178. The number of hydrogen-bond donors (Lipinski definition) is 1. The van der Waals surface area contributed by atoms with E-state index < -0.39 is 0 Å². The molecule has 26 heavy (non-hydrogen) atoms. The van der Waals surface area contributed by atoms with E-state index in [0.717, 1.165) is 55.9 Å². The van der Waals surface area contributed by atoms with E-state index in [-0.39, 0.29) is 6.10 Å².